The van der Waals surface area contributed by atoms with Crippen LogP contribution in [0.4, 0.5) is 5.69 Å². The maximum Gasteiger partial charge on any atom is 0.253 e. The third-order valence-electron chi connectivity index (χ3n) is 4.79. The first-order chi connectivity index (χ1) is 13.3. The minimum atomic E-state index is -3.42. The van der Waals surface area contributed by atoms with E-state index < -0.39 is 9.84 Å². The molecule has 150 valence electrons. The molecule has 1 amide bonds. The van der Waals surface area contributed by atoms with Gasteiger partial charge in [-0.1, -0.05) is 23.7 Å². The van der Waals surface area contributed by atoms with Gasteiger partial charge >= 0.3 is 0 Å². The van der Waals surface area contributed by atoms with Crippen LogP contribution in [-0.4, -0.2) is 46.8 Å². The molecule has 0 spiro atoms. The number of carbonyl (C=O) groups is 1. The minimum Gasteiger partial charge on any atom is -0.495 e. The molecule has 1 N–H and O–H groups in total. The molecule has 1 heterocycles. The highest BCUT2D eigenvalue weighted by molar-refractivity contribution is 7.90. The van der Waals surface area contributed by atoms with Crippen LogP contribution in [0.1, 0.15) is 23.2 Å². The van der Waals surface area contributed by atoms with E-state index in [9.17, 15) is 13.2 Å². The largest absolute Gasteiger partial charge is 0.495 e. The molecule has 0 radical (unpaired) electrons. The molecule has 0 bridgehead atoms. The van der Waals surface area contributed by atoms with Crippen molar-refractivity contribution in [1.29, 1.82) is 0 Å². The summed E-state index contributed by atoms with van der Waals surface area (Å²) < 4.78 is 29.0. The van der Waals surface area contributed by atoms with Crippen molar-refractivity contribution in [2.45, 2.75) is 23.8 Å². The fraction of sp³-hybridized carbons (Fsp3) is 0.350. The molecule has 3 rings (SSSR count). The number of halogens is 1. The molecule has 0 aromatic heterocycles. The molecule has 1 fully saturated rings. The molecule has 2 aromatic carbocycles. The van der Waals surface area contributed by atoms with Gasteiger partial charge in [0.2, 0.25) is 0 Å². The summed E-state index contributed by atoms with van der Waals surface area (Å²) in [6, 6.07) is 11.9. The fourth-order valence-electron chi connectivity index (χ4n) is 3.38. The van der Waals surface area contributed by atoms with Crippen molar-refractivity contribution in [3.05, 3.63) is 53.1 Å². The summed E-state index contributed by atoms with van der Waals surface area (Å²) in [6.45, 7) is 1.51. The van der Waals surface area contributed by atoms with E-state index in [-0.39, 0.29) is 27.4 Å². The Labute approximate surface area is 170 Å². The number of carbonyl (C=O) groups excluding carboxylic acids is 1. The molecule has 1 saturated heterocycles. The Balaban J connectivity index is 1.76. The topological polar surface area (TPSA) is 75.7 Å². The number of nitrogens with zero attached hydrogens (tertiary/aromatic N) is 1. The Morgan fingerprint density at radius 1 is 1.25 bits per heavy atom. The smallest absolute Gasteiger partial charge is 0.253 e. The van der Waals surface area contributed by atoms with Crippen molar-refractivity contribution in [3.8, 4) is 5.75 Å². The fourth-order valence-corrected chi connectivity index (χ4v) is 4.23. The lowest BCUT2D eigenvalue weighted by Gasteiger charge is -2.35. The maximum absolute atomic E-state index is 12.7. The standard InChI is InChI=1S/C20H23ClN2O4S/c1-27-19-8-4-3-7-18(19)23-11-5-6-14(13-23)22-20(24)16-12-15(28(2,25)26)9-10-17(16)21/h3-4,7-10,12,14H,5-6,11,13H2,1-2H3,(H,22,24). The summed E-state index contributed by atoms with van der Waals surface area (Å²) in [5, 5.41) is 3.22. The zero-order valence-corrected chi connectivity index (χ0v) is 17.4. The molecule has 0 aliphatic carbocycles. The van der Waals surface area contributed by atoms with Crippen molar-refractivity contribution in [2.24, 2.45) is 0 Å². The quantitative estimate of drug-likeness (QED) is 0.801. The second kappa shape index (κ2) is 8.41. The number of nitrogens with one attached hydrogen (secondary N) is 1. The lowest BCUT2D eigenvalue weighted by atomic mass is 10.0. The second-order valence-electron chi connectivity index (χ2n) is 6.84. The van der Waals surface area contributed by atoms with Gasteiger partial charge in [0.05, 0.1) is 28.3 Å². The summed E-state index contributed by atoms with van der Waals surface area (Å²) in [6.07, 6.45) is 2.85. The highest BCUT2D eigenvalue weighted by atomic mass is 35.5. The minimum absolute atomic E-state index is 0.0707. The van der Waals surface area contributed by atoms with Gasteiger partial charge in [0.25, 0.3) is 5.91 Å². The van der Waals surface area contributed by atoms with Crippen LogP contribution in [-0.2, 0) is 9.84 Å². The van der Waals surface area contributed by atoms with Crippen LogP contribution >= 0.6 is 11.6 Å². The van der Waals surface area contributed by atoms with Crippen molar-refractivity contribution in [2.75, 3.05) is 31.4 Å². The van der Waals surface area contributed by atoms with Gasteiger partial charge in [0.15, 0.2) is 9.84 Å². The molecule has 2 aromatic rings. The van der Waals surface area contributed by atoms with Crippen molar-refractivity contribution >= 4 is 33.0 Å². The van der Waals surface area contributed by atoms with E-state index in [0.29, 0.717) is 6.54 Å². The molecule has 28 heavy (non-hydrogen) atoms. The van der Waals surface area contributed by atoms with Crippen LogP contribution in [0.25, 0.3) is 0 Å². The number of benzene rings is 2. The van der Waals surface area contributed by atoms with Crippen molar-refractivity contribution in [3.63, 3.8) is 0 Å². The zero-order chi connectivity index (χ0) is 20.3. The number of hydrogen-bond donors (Lipinski definition) is 1. The van der Waals surface area contributed by atoms with E-state index in [0.717, 1.165) is 37.1 Å². The highest BCUT2D eigenvalue weighted by Crippen LogP contribution is 2.30. The second-order valence-corrected chi connectivity index (χ2v) is 9.27. The zero-order valence-electron chi connectivity index (χ0n) is 15.8. The van der Waals surface area contributed by atoms with E-state index >= 15 is 0 Å². The van der Waals surface area contributed by atoms with Crippen LogP contribution in [0.2, 0.25) is 5.02 Å². The van der Waals surface area contributed by atoms with Crippen LogP contribution in [0.5, 0.6) is 5.75 Å². The molecule has 1 aliphatic heterocycles. The Kier molecular flexibility index (Phi) is 6.15. The summed E-state index contributed by atoms with van der Waals surface area (Å²) in [4.78, 5) is 15.0. The third-order valence-corrected chi connectivity index (χ3v) is 6.23. The number of methoxy groups -OCH3 is 1. The lowest BCUT2D eigenvalue weighted by Crippen LogP contribution is -2.48. The van der Waals surface area contributed by atoms with Crippen LogP contribution in [0.15, 0.2) is 47.4 Å². The van der Waals surface area contributed by atoms with Gasteiger partial charge in [-0.15, -0.1) is 0 Å². The lowest BCUT2D eigenvalue weighted by molar-refractivity contribution is 0.0933. The van der Waals surface area contributed by atoms with E-state index in [1.165, 1.54) is 18.2 Å². The number of rotatable bonds is 5. The van der Waals surface area contributed by atoms with Gasteiger partial charge < -0.3 is 15.0 Å². The van der Waals surface area contributed by atoms with Crippen molar-refractivity contribution < 1.29 is 17.9 Å². The van der Waals surface area contributed by atoms with Gasteiger partial charge in [-0.3, -0.25) is 4.79 Å². The van der Waals surface area contributed by atoms with Crippen LogP contribution < -0.4 is 15.0 Å². The van der Waals surface area contributed by atoms with E-state index in [2.05, 4.69) is 10.2 Å². The average molecular weight is 423 g/mol. The first-order valence-corrected chi connectivity index (χ1v) is 11.2. The summed E-state index contributed by atoms with van der Waals surface area (Å²) in [5.74, 6) is 0.417. The van der Waals surface area contributed by atoms with Gasteiger partial charge in [-0.2, -0.15) is 0 Å². The molecule has 0 saturated carbocycles. The molecular weight excluding hydrogens is 400 g/mol. The Morgan fingerprint density at radius 3 is 2.71 bits per heavy atom. The van der Waals surface area contributed by atoms with Gasteiger partial charge in [0.1, 0.15) is 5.75 Å². The molecule has 1 unspecified atom stereocenters. The number of amides is 1. The number of piperidine rings is 1. The summed E-state index contributed by atoms with van der Waals surface area (Å²) >= 11 is 6.14. The monoisotopic (exact) mass is 422 g/mol. The Morgan fingerprint density at radius 2 is 2.00 bits per heavy atom. The highest BCUT2D eigenvalue weighted by Gasteiger charge is 2.25. The third kappa shape index (κ3) is 4.59. The van der Waals surface area contributed by atoms with E-state index in [1.54, 1.807) is 7.11 Å². The predicted octanol–water partition coefficient (Wildman–Crippen LogP) is 3.15. The van der Waals surface area contributed by atoms with Gasteiger partial charge in [-0.05, 0) is 43.2 Å². The van der Waals surface area contributed by atoms with E-state index in [1.807, 2.05) is 24.3 Å². The number of ether oxygens (including phenoxy) is 1. The number of anilines is 1. The van der Waals surface area contributed by atoms with Crippen LogP contribution in [0, 0.1) is 0 Å². The Hall–Kier alpha value is -2.25. The SMILES string of the molecule is COc1ccccc1N1CCCC(NC(=O)c2cc(S(C)(=O)=O)ccc2Cl)C1. The first kappa shape index (κ1) is 20.5. The molecule has 1 atom stereocenters. The number of hydrogen-bond acceptors (Lipinski definition) is 5. The van der Waals surface area contributed by atoms with Crippen molar-refractivity contribution in [1.82, 2.24) is 5.32 Å². The van der Waals surface area contributed by atoms with Crippen LogP contribution in [0.3, 0.4) is 0 Å². The summed E-state index contributed by atoms with van der Waals surface area (Å²) in [5.41, 5.74) is 1.15. The normalized spacial score (nSPS) is 17.2. The molecular formula is C20H23ClN2O4S. The first-order valence-electron chi connectivity index (χ1n) is 8.98. The average Bonchev–Trinajstić information content (AvgIpc) is 2.67. The summed E-state index contributed by atoms with van der Waals surface area (Å²) in [7, 11) is -1.78. The predicted molar refractivity (Wildman–Crippen MR) is 110 cm³/mol. The maximum atomic E-state index is 12.7. The number of para-hydroxylation sites is 2. The number of sulfone groups is 1. The molecule has 6 nitrogen and oxygen atoms in total. The Bertz CT molecular complexity index is 978. The van der Waals surface area contributed by atoms with Gasteiger partial charge in [-0.25, -0.2) is 8.42 Å². The molecule has 8 heteroatoms. The van der Waals surface area contributed by atoms with E-state index in [4.69, 9.17) is 16.3 Å². The van der Waals surface area contributed by atoms with Gasteiger partial charge in [0, 0.05) is 25.4 Å². The molecule has 1 aliphatic rings.